The second kappa shape index (κ2) is 10.0. The first-order valence-electron chi connectivity index (χ1n) is 9.52. The van der Waals surface area contributed by atoms with Gasteiger partial charge in [-0.3, -0.25) is 14.4 Å². The number of rotatable bonds is 8. The number of carbonyl (C=O) groups excluding carboxylic acids is 2. The van der Waals surface area contributed by atoms with Gasteiger partial charge in [-0.2, -0.15) is 5.10 Å². The molecule has 0 aliphatic heterocycles. The Hall–Kier alpha value is -3.94. The first kappa shape index (κ1) is 20.8. The van der Waals surface area contributed by atoms with Crippen LogP contribution in [0.15, 0.2) is 71.5 Å². The van der Waals surface area contributed by atoms with Crippen LogP contribution in [0.4, 0.5) is 5.69 Å². The van der Waals surface area contributed by atoms with Crippen LogP contribution in [0.2, 0.25) is 0 Å². The number of para-hydroxylation sites is 1. The largest absolute Gasteiger partial charge is 0.492 e. The van der Waals surface area contributed by atoms with E-state index in [1.165, 1.54) is 16.8 Å². The quantitative estimate of drug-likeness (QED) is 0.598. The van der Waals surface area contributed by atoms with Gasteiger partial charge in [0.15, 0.2) is 0 Å². The third-order valence-electron chi connectivity index (χ3n) is 4.13. The molecule has 8 nitrogen and oxygen atoms in total. The Labute approximate surface area is 173 Å². The first-order chi connectivity index (χ1) is 14.6. The minimum atomic E-state index is -0.485. The van der Waals surface area contributed by atoms with Gasteiger partial charge in [-0.25, -0.2) is 4.68 Å². The van der Waals surface area contributed by atoms with Crippen LogP contribution in [0.3, 0.4) is 0 Å². The molecule has 0 saturated heterocycles. The topological polar surface area (TPSA) is 102 Å². The molecule has 30 heavy (non-hydrogen) atoms. The number of hydrogen-bond acceptors (Lipinski definition) is 5. The number of benzene rings is 2. The molecule has 0 unspecified atom stereocenters. The summed E-state index contributed by atoms with van der Waals surface area (Å²) >= 11 is 0. The summed E-state index contributed by atoms with van der Waals surface area (Å²) in [5.74, 6) is -0.0223. The molecule has 2 amide bonds. The van der Waals surface area contributed by atoms with Crippen LogP contribution in [0.1, 0.15) is 27.8 Å². The maximum absolute atomic E-state index is 12.6. The van der Waals surface area contributed by atoms with E-state index in [-0.39, 0.29) is 30.3 Å². The van der Waals surface area contributed by atoms with Crippen molar-refractivity contribution in [1.29, 1.82) is 0 Å². The van der Waals surface area contributed by atoms with E-state index in [1.807, 2.05) is 37.3 Å². The van der Waals surface area contributed by atoms with E-state index < -0.39 is 5.91 Å². The second-order valence-electron chi connectivity index (χ2n) is 6.34. The number of carbonyl (C=O) groups is 2. The monoisotopic (exact) mass is 406 g/mol. The summed E-state index contributed by atoms with van der Waals surface area (Å²) in [4.78, 5) is 36.6. The molecular weight excluding hydrogens is 384 g/mol. The average molecular weight is 406 g/mol. The minimum absolute atomic E-state index is 0.0812. The number of nitrogens with one attached hydrogen (secondary N) is 2. The zero-order chi connectivity index (χ0) is 21.3. The highest BCUT2D eigenvalue weighted by Crippen LogP contribution is 2.12. The molecule has 1 heterocycles. The molecule has 3 aromatic rings. The Morgan fingerprint density at radius 3 is 2.57 bits per heavy atom. The number of anilines is 1. The Balaban J connectivity index is 1.66. The summed E-state index contributed by atoms with van der Waals surface area (Å²) in [6, 6.07) is 18.4. The molecule has 3 rings (SSSR count). The van der Waals surface area contributed by atoms with Crippen molar-refractivity contribution >= 4 is 17.5 Å². The van der Waals surface area contributed by atoms with Crippen molar-refractivity contribution in [1.82, 2.24) is 15.1 Å². The van der Waals surface area contributed by atoms with Gasteiger partial charge in [-0.15, -0.1) is 0 Å². The molecule has 0 bridgehead atoms. The lowest BCUT2D eigenvalue weighted by Crippen LogP contribution is -2.28. The first-order valence-corrected chi connectivity index (χ1v) is 9.52. The van der Waals surface area contributed by atoms with Gasteiger partial charge in [0.25, 0.3) is 17.4 Å². The normalized spacial score (nSPS) is 10.3. The van der Waals surface area contributed by atoms with E-state index in [0.717, 1.165) is 0 Å². The number of amides is 2. The molecule has 0 atom stereocenters. The molecule has 0 aliphatic rings. The predicted octanol–water partition coefficient (Wildman–Crippen LogP) is 2.32. The Morgan fingerprint density at radius 2 is 1.80 bits per heavy atom. The summed E-state index contributed by atoms with van der Waals surface area (Å²) in [5.41, 5.74) is 0.639. The number of hydrogen-bond donors (Lipinski definition) is 2. The molecule has 0 aliphatic carbocycles. The molecule has 0 spiro atoms. The van der Waals surface area contributed by atoms with Crippen LogP contribution in [-0.4, -0.2) is 34.7 Å². The van der Waals surface area contributed by atoms with E-state index >= 15 is 0 Å². The third-order valence-corrected chi connectivity index (χ3v) is 4.13. The fraction of sp³-hybridized carbons (Fsp3) is 0.182. The zero-order valence-corrected chi connectivity index (χ0v) is 16.5. The van der Waals surface area contributed by atoms with Gasteiger partial charge in [-0.05, 0) is 43.3 Å². The van der Waals surface area contributed by atoms with Gasteiger partial charge < -0.3 is 15.4 Å². The van der Waals surface area contributed by atoms with Crippen molar-refractivity contribution in [2.45, 2.75) is 13.5 Å². The molecular formula is C22H22N4O4. The molecule has 1 aromatic heterocycles. The van der Waals surface area contributed by atoms with Crippen LogP contribution >= 0.6 is 0 Å². The van der Waals surface area contributed by atoms with E-state index in [2.05, 4.69) is 15.7 Å². The summed E-state index contributed by atoms with van der Waals surface area (Å²) < 4.78 is 6.76. The van der Waals surface area contributed by atoms with Gasteiger partial charge in [0.2, 0.25) is 0 Å². The lowest BCUT2D eigenvalue weighted by Gasteiger charge is -2.10. The fourth-order valence-corrected chi connectivity index (χ4v) is 2.69. The molecule has 2 aromatic carbocycles. The SMILES string of the molecule is CCNC(=O)c1cccc(NC(=O)c2ccc(=O)n(CCOc3ccccc3)n2)c1. The Kier molecular flexibility index (Phi) is 6.94. The van der Waals surface area contributed by atoms with Crippen molar-refractivity contribution in [3.05, 3.63) is 88.3 Å². The summed E-state index contributed by atoms with van der Waals surface area (Å²) in [6.45, 7) is 2.77. The molecule has 0 radical (unpaired) electrons. The Bertz CT molecular complexity index is 1080. The van der Waals surface area contributed by atoms with Gasteiger partial charge >= 0.3 is 0 Å². The van der Waals surface area contributed by atoms with E-state index in [9.17, 15) is 14.4 Å². The second-order valence-corrected chi connectivity index (χ2v) is 6.34. The summed E-state index contributed by atoms with van der Waals surface area (Å²) in [7, 11) is 0. The Morgan fingerprint density at radius 1 is 1.00 bits per heavy atom. The number of aromatic nitrogens is 2. The van der Waals surface area contributed by atoms with Crippen LogP contribution in [0, 0.1) is 0 Å². The molecule has 8 heteroatoms. The zero-order valence-electron chi connectivity index (χ0n) is 16.5. The maximum Gasteiger partial charge on any atom is 0.276 e. The highest BCUT2D eigenvalue weighted by molar-refractivity contribution is 6.03. The molecule has 154 valence electrons. The smallest absolute Gasteiger partial charge is 0.276 e. The lowest BCUT2D eigenvalue weighted by molar-refractivity contribution is 0.0954. The van der Waals surface area contributed by atoms with Gasteiger partial charge in [0, 0.05) is 23.9 Å². The van der Waals surface area contributed by atoms with Crippen molar-refractivity contribution in [2.75, 3.05) is 18.5 Å². The van der Waals surface area contributed by atoms with Crippen molar-refractivity contribution in [3.8, 4) is 5.75 Å². The molecule has 2 N–H and O–H groups in total. The van der Waals surface area contributed by atoms with Crippen molar-refractivity contribution in [3.63, 3.8) is 0 Å². The van der Waals surface area contributed by atoms with Crippen molar-refractivity contribution in [2.24, 2.45) is 0 Å². The number of ether oxygens (including phenoxy) is 1. The average Bonchev–Trinajstić information content (AvgIpc) is 2.76. The van der Waals surface area contributed by atoms with Crippen LogP contribution in [0.5, 0.6) is 5.75 Å². The highest BCUT2D eigenvalue weighted by Gasteiger charge is 2.12. The lowest BCUT2D eigenvalue weighted by atomic mass is 10.2. The van der Waals surface area contributed by atoms with Crippen molar-refractivity contribution < 1.29 is 14.3 Å². The fourth-order valence-electron chi connectivity index (χ4n) is 2.69. The molecule has 0 fully saturated rings. The van der Waals surface area contributed by atoms with Gasteiger partial charge in [0.1, 0.15) is 18.1 Å². The van der Waals surface area contributed by atoms with Crippen LogP contribution < -0.4 is 20.9 Å². The highest BCUT2D eigenvalue weighted by atomic mass is 16.5. The van der Waals surface area contributed by atoms with Gasteiger partial charge in [-0.1, -0.05) is 24.3 Å². The summed E-state index contributed by atoms with van der Waals surface area (Å²) in [5, 5.41) is 9.52. The van der Waals surface area contributed by atoms with E-state index in [1.54, 1.807) is 24.3 Å². The number of nitrogens with zero attached hydrogens (tertiary/aromatic N) is 2. The molecule has 0 saturated carbocycles. The van der Waals surface area contributed by atoms with Crippen LogP contribution in [0.25, 0.3) is 0 Å². The van der Waals surface area contributed by atoms with Crippen LogP contribution in [-0.2, 0) is 6.54 Å². The standard InChI is InChI=1S/C22H22N4O4/c1-2-23-21(28)16-7-6-8-17(15-16)24-22(29)19-11-12-20(27)26(25-19)13-14-30-18-9-4-3-5-10-18/h3-12,15H,2,13-14H2,1H3,(H,23,28)(H,24,29). The van der Waals surface area contributed by atoms with Gasteiger partial charge in [0.05, 0.1) is 6.54 Å². The third kappa shape index (κ3) is 5.54. The maximum atomic E-state index is 12.6. The van der Waals surface area contributed by atoms with E-state index in [4.69, 9.17) is 4.74 Å². The predicted molar refractivity (Wildman–Crippen MR) is 113 cm³/mol. The summed E-state index contributed by atoms with van der Waals surface area (Å²) in [6.07, 6.45) is 0. The van der Waals surface area contributed by atoms with E-state index in [0.29, 0.717) is 23.5 Å². The minimum Gasteiger partial charge on any atom is -0.492 e.